The Bertz CT molecular complexity index is 1470. The van der Waals surface area contributed by atoms with Gasteiger partial charge in [-0.3, -0.25) is 0 Å². The molecule has 3 aromatic heterocycles. The molecule has 2 aromatic carbocycles. The first-order valence-electron chi connectivity index (χ1n) is 10.6. The van der Waals surface area contributed by atoms with E-state index in [9.17, 15) is 4.79 Å². The lowest BCUT2D eigenvalue weighted by Gasteiger charge is -2.10. The molecule has 0 amide bonds. The first kappa shape index (κ1) is 19.9. The summed E-state index contributed by atoms with van der Waals surface area (Å²) in [5.41, 5.74) is 7.94. The quantitative estimate of drug-likeness (QED) is 0.442. The number of imidazole rings is 1. The largest absolute Gasteiger partial charge is 0.434 e. The first-order chi connectivity index (χ1) is 15.5. The smallest absolute Gasteiger partial charge is 0.388 e. The lowest BCUT2D eigenvalue weighted by atomic mass is 9.98. The maximum absolute atomic E-state index is 11.4. The van der Waals surface area contributed by atoms with E-state index in [1.165, 1.54) is 0 Å². The van der Waals surface area contributed by atoms with Crippen molar-refractivity contribution in [3.05, 3.63) is 87.8 Å². The third-order valence-corrected chi connectivity index (χ3v) is 5.62. The summed E-state index contributed by atoms with van der Waals surface area (Å²) in [6, 6.07) is 18.2. The fourth-order valence-electron chi connectivity index (χ4n) is 4.12. The number of aromatic nitrogens is 5. The number of H-pyrrole nitrogens is 1. The van der Waals surface area contributed by atoms with Gasteiger partial charge in [0.15, 0.2) is 5.65 Å². The number of aryl methyl sites for hydroxylation is 3. The zero-order chi connectivity index (χ0) is 22.2. The van der Waals surface area contributed by atoms with Crippen molar-refractivity contribution in [2.24, 2.45) is 0 Å². The Morgan fingerprint density at radius 2 is 1.75 bits per heavy atom. The number of benzene rings is 2. The molecule has 0 unspecified atom stereocenters. The average molecular weight is 425 g/mol. The van der Waals surface area contributed by atoms with Gasteiger partial charge in [0.2, 0.25) is 5.89 Å². The van der Waals surface area contributed by atoms with E-state index in [0.717, 1.165) is 56.9 Å². The van der Waals surface area contributed by atoms with Gasteiger partial charge in [-0.15, -0.1) is 5.10 Å². The molecular formula is C25H23N5O2. The maximum atomic E-state index is 11.4. The Kier molecular flexibility index (Phi) is 4.93. The van der Waals surface area contributed by atoms with Crippen LogP contribution in [0.3, 0.4) is 0 Å². The fourth-order valence-corrected chi connectivity index (χ4v) is 4.12. The van der Waals surface area contributed by atoms with E-state index in [2.05, 4.69) is 58.9 Å². The molecule has 0 aliphatic rings. The molecule has 5 aromatic rings. The Labute approximate surface area is 184 Å². The monoisotopic (exact) mass is 425 g/mol. The molecule has 0 aliphatic carbocycles. The van der Waals surface area contributed by atoms with Crippen LogP contribution in [0.2, 0.25) is 0 Å². The Hall–Kier alpha value is -4.00. The highest BCUT2D eigenvalue weighted by molar-refractivity contribution is 5.80. The van der Waals surface area contributed by atoms with Gasteiger partial charge in [0.25, 0.3) is 0 Å². The second-order valence-electron chi connectivity index (χ2n) is 7.88. The number of nitrogens with one attached hydrogen (secondary N) is 1. The fraction of sp³-hybridized carbons (Fsp3) is 0.200. The van der Waals surface area contributed by atoms with Crippen molar-refractivity contribution < 1.29 is 4.42 Å². The lowest BCUT2D eigenvalue weighted by Crippen LogP contribution is -2.05. The Morgan fingerprint density at radius 1 is 1.00 bits per heavy atom. The molecule has 3 heterocycles. The van der Waals surface area contributed by atoms with Crippen molar-refractivity contribution in [1.29, 1.82) is 0 Å². The van der Waals surface area contributed by atoms with Gasteiger partial charge < -0.3 is 8.98 Å². The van der Waals surface area contributed by atoms with Crippen molar-refractivity contribution in [3.63, 3.8) is 0 Å². The summed E-state index contributed by atoms with van der Waals surface area (Å²) < 4.78 is 7.38. The van der Waals surface area contributed by atoms with Gasteiger partial charge in [0, 0.05) is 17.7 Å². The Balaban J connectivity index is 1.51. The van der Waals surface area contributed by atoms with E-state index in [4.69, 9.17) is 14.4 Å². The van der Waals surface area contributed by atoms with E-state index in [1.54, 1.807) is 0 Å². The van der Waals surface area contributed by atoms with Crippen molar-refractivity contribution in [2.45, 2.75) is 33.7 Å². The first-order valence-corrected chi connectivity index (χ1v) is 10.6. The van der Waals surface area contributed by atoms with Crippen LogP contribution in [0.5, 0.6) is 0 Å². The molecule has 7 nitrogen and oxygen atoms in total. The van der Waals surface area contributed by atoms with Crippen LogP contribution in [-0.2, 0) is 13.0 Å². The van der Waals surface area contributed by atoms with Crippen LogP contribution in [0.25, 0.3) is 33.7 Å². The molecular weight excluding hydrogens is 402 g/mol. The van der Waals surface area contributed by atoms with Crippen LogP contribution in [0, 0.1) is 13.8 Å². The van der Waals surface area contributed by atoms with Crippen LogP contribution >= 0.6 is 0 Å². The molecule has 5 rings (SSSR count). The van der Waals surface area contributed by atoms with Crippen LogP contribution in [0.1, 0.15) is 29.6 Å². The van der Waals surface area contributed by atoms with Crippen molar-refractivity contribution in [2.75, 3.05) is 0 Å². The molecule has 0 saturated heterocycles. The summed E-state index contributed by atoms with van der Waals surface area (Å²) in [5.74, 6) is 0.747. The highest BCUT2D eigenvalue weighted by atomic mass is 16.4. The molecule has 1 N–H and O–H groups in total. The normalized spacial score (nSPS) is 11.3. The summed E-state index contributed by atoms with van der Waals surface area (Å²) in [6.07, 6.45) is 0.842. The molecule has 7 heteroatoms. The predicted octanol–water partition coefficient (Wildman–Crippen LogP) is 4.67. The molecule has 0 spiro atoms. The minimum atomic E-state index is -0.566. The number of fused-ring (bicyclic) bond motifs is 1. The van der Waals surface area contributed by atoms with E-state index < -0.39 is 5.76 Å². The van der Waals surface area contributed by atoms with Crippen LogP contribution in [-0.4, -0.2) is 24.7 Å². The van der Waals surface area contributed by atoms with Crippen LogP contribution in [0.15, 0.2) is 63.8 Å². The number of hydrogen-bond donors (Lipinski definition) is 1. The van der Waals surface area contributed by atoms with Gasteiger partial charge >= 0.3 is 5.76 Å². The molecule has 0 saturated carbocycles. The summed E-state index contributed by atoms with van der Waals surface area (Å²) in [7, 11) is 0. The molecule has 0 radical (unpaired) electrons. The van der Waals surface area contributed by atoms with Gasteiger partial charge in [0.05, 0.1) is 6.54 Å². The summed E-state index contributed by atoms with van der Waals surface area (Å²) >= 11 is 0. The second-order valence-corrected chi connectivity index (χ2v) is 7.88. The Morgan fingerprint density at radius 3 is 2.44 bits per heavy atom. The summed E-state index contributed by atoms with van der Waals surface area (Å²) in [5, 5.41) is 6.31. The number of pyridine rings is 1. The number of aromatic amines is 1. The van der Waals surface area contributed by atoms with E-state index in [1.807, 2.05) is 31.2 Å². The van der Waals surface area contributed by atoms with Crippen LogP contribution < -0.4 is 5.76 Å². The van der Waals surface area contributed by atoms with Gasteiger partial charge in [-0.25, -0.2) is 19.9 Å². The van der Waals surface area contributed by atoms with Crippen molar-refractivity contribution >= 4 is 11.2 Å². The SMILES string of the molecule is CCc1nc2c(C)cc(C)nc2n1Cc1ccc(-c2ccccc2-c2n[nH]c(=O)o2)cc1. The topological polar surface area (TPSA) is 89.6 Å². The highest BCUT2D eigenvalue weighted by Gasteiger charge is 2.15. The van der Waals surface area contributed by atoms with Gasteiger partial charge in [-0.2, -0.15) is 0 Å². The van der Waals surface area contributed by atoms with Gasteiger partial charge in [-0.05, 0) is 48.2 Å². The number of hydrogen-bond acceptors (Lipinski definition) is 5. The average Bonchev–Trinajstić information content (AvgIpc) is 3.38. The molecule has 0 aliphatic heterocycles. The van der Waals surface area contributed by atoms with E-state index in [0.29, 0.717) is 6.54 Å². The van der Waals surface area contributed by atoms with E-state index in [-0.39, 0.29) is 5.89 Å². The molecule has 0 fully saturated rings. The van der Waals surface area contributed by atoms with Gasteiger partial charge in [0.1, 0.15) is 11.3 Å². The zero-order valence-electron chi connectivity index (χ0n) is 18.2. The molecule has 32 heavy (non-hydrogen) atoms. The van der Waals surface area contributed by atoms with E-state index >= 15 is 0 Å². The number of rotatable bonds is 5. The third kappa shape index (κ3) is 3.51. The summed E-state index contributed by atoms with van der Waals surface area (Å²) in [4.78, 5) is 21.0. The standard InChI is InChI=1S/C25H23N5O2/c1-4-21-27-22-15(2)13-16(3)26-23(22)30(21)14-17-9-11-18(12-10-17)19-7-5-6-8-20(19)24-28-29-25(31)32-24/h5-13H,4,14H2,1-3H3,(H,29,31). The second kappa shape index (κ2) is 7.92. The molecule has 160 valence electrons. The highest BCUT2D eigenvalue weighted by Crippen LogP contribution is 2.30. The minimum Gasteiger partial charge on any atom is -0.388 e. The maximum Gasteiger partial charge on any atom is 0.434 e. The summed E-state index contributed by atoms with van der Waals surface area (Å²) in [6.45, 7) is 6.92. The minimum absolute atomic E-state index is 0.281. The lowest BCUT2D eigenvalue weighted by molar-refractivity contribution is 0.527. The van der Waals surface area contributed by atoms with Gasteiger partial charge in [-0.1, -0.05) is 49.4 Å². The zero-order valence-corrected chi connectivity index (χ0v) is 18.2. The number of nitrogens with zero attached hydrogens (tertiary/aromatic N) is 4. The molecule has 0 bridgehead atoms. The molecule has 0 atom stereocenters. The third-order valence-electron chi connectivity index (χ3n) is 5.62. The van der Waals surface area contributed by atoms with Crippen molar-refractivity contribution in [1.82, 2.24) is 24.7 Å². The van der Waals surface area contributed by atoms with Crippen molar-refractivity contribution in [3.8, 4) is 22.6 Å². The predicted molar refractivity (Wildman–Crippen MR) is 123 cm³/mol. The van der Waals surface area contributed by atoms with Crippen LogP contribution in [0.4, 0.5) is 0 Å².